The Morgan fingerprint density at radius 3 is 2.26 bits per heavy atom. The van der Waals surface area contributed by atoms with Crippen LogP contribution < -0.4 is 5.32 Å². The Hall–Kier alpha value is -1.82. The second-order valence-corrected chi connectivity index (χ2v) is 4.90. The molecule has 1 heterocycles. The molecule has 1 aromatic heterocycles. The molecule has 2 rings (SSSR count). The van der Waals surface area contributed by atoms with Gasteiger partial charge in [0.2, 0.25) is 0 Å². The number of thiophene rings is 1. The average Bonchev–Trinajstić information content (AvgIpc) is 2.86. The zero-order valence-corrected chi connectivity index (χ0v) is 10.7. The van der Waals surface area contributed by atoms with E-state index in [0.717, 1.165) is 17.0 Å². The Labute approximate surface area is 111 Å². The van der Waals surface area contributed by atoms with Gasteiger partial charge >= 0.3 is 6.18 Å². The summed E-state index contributed by atoms with van der Waals surface area (Å²) in [5.74, 6) is -0.205. The topological polar surface area (TPSA) is 29.1 Å². The third-order valence-electron chi connectivity index (χ3n) is 2.55. The lowest BCUT2D eigenvalue weighted by Gasteiger charge is -2.06. The molecule has 0 spiro atoms. The third kappa shape index (κ3) is 2.96. The van der Waals surface area contributed by atoms with Crippen molar-refractivity contribution in [1.82, 2.24) is 5.32 Å². The summed E-state index contributed by atoms with van der Waals surface area (Å²) in [6.07, 6.45) is -4.33. The van der Waals surface area contributed by atoms with E-state index in [1.165, 1.54) is 30.5 Å². The molecular formula is C13H10F3NOS. The highest BCUT2D eigenvalue weighted by molar-refractivity contribution is 7.17. The minimum Gasteiger partial charge on any atom is -0.354 e. The summed E-state index contributed by atoms with van der Waals surface area (Å²) < 4.78 is 37.3. The lowest BCUT2D eigenvalue weighted by atomic mass is 10.1. The first kappa shape index (κ1) is 13.6. The van der Waals surface area contributed by atoms with Crippen LogP contribution in [-0.2, 0) is 6.18 Å². The van der Waals surface area contributed by atoms with Gasteiger partial charge in [-0.1, -0.05) is 12.1 Å². The van der Waals surface area contributed by atoms with Crippen LogP contribution >= 0.6 is 11.3 Å². The summed E-state index contributed by atoms with van der Waals surface area (Å²) in [4.78, 5) is 12.7. The van der Waals surface area contributed by atoms with Crippen molar-refractivity contribution in [2.45, 2.75) is 6.18 Å². The molecule has 1 N–H and O–H groups in total. The van der Waals surface area contributed by atoms with Crippen LogP contribution in [0.5, 0.6) is 0 Å². The van der Waals surface area contributed by atoms with Crippen LogP contribution in [0, 0.1) is 0 Å². The highest BCUT2D eigenvalue weighted by Gasteiger charge is 2.30. The maximum atomic E-state index is 12.4. The van der Waals surface area contributed by atoms with Crippen LogP contribution in [0.15, 0.2) is 36.4 Å². The molecule has 0 bridgehead atoms. The lowest BCUT2D eigenvalue weighted by molar-refractivity contribution is -0.137. The van der Waals surface area contributed by atoms with Crippen molar-refractivity contribution in [3.8, 4) is 10.4 Å². The normalized spacial score (nSPS) is 11.4. The van der Waals surface area contributed by atoms with Crippen molar-refractivity contribution in [2.24, 2.45) is 0 Å². The second-order valence-electron chi connectivity index (χ2n) is 3.82. The largest absolute Gasteiger partial charge is 0.416 e. The fraction of sp³-hybridized carbons (Fsp3) is 0.154. The number of halogens is 3. The zero-order valence-electron chi connectivity index (χ0n) is 9.91. The van der Waals surface area contributed by atoms with E-state index in [1.54, 1.807) is 12.1 Å². The highest BCUT2D eigenvalue weighted by atomic mass is 32.1. The Morgan fingerprint density at radius 1 is 1.11 bits per heavy atom. The van der Waals surface area contributed by atoms with Gasteiger partial charge in [-0.25, -0.2) is 0 Å². The fourth-order valence-corrected chi connectivity index (χ4v) is 2.52. The maximum absolute atomic E-state index is 12.4. The molecule has 19 heavy (non-hydrogen) atoms. The fourth-order valence-electron chi connectivity index (χ4n) is 1.56. The number of amides is 1. The molecule has 0 atom stereocenters. The van der Waals surface area contributed by atoms with Gasteiger partial charge in [-0.05, 0) is 29.8 Å². The molecule has 0 aliphatic rings. The van der Waals surface area contributed by atoms with E-state index in [2.05, 4.69) is 5.32 Å². The molecule has 0 saturated carbocycles. The van der Waals surface area contributed by atoms with Crippen molar-refractivity contribution in [3.63, 3.8) is 0 Å². The van der Waals surface area contributed by atoms with Crippen LogP contribution in [0.2, 0.25) is 0 Å². The maximum Gasteiger partial charge on any atom is 0.416 e. The predicted octanol–water partition coefficient (Wildman–Crippen LogP) is 3.79. The van der Waals surface area contributed by atoms with Crippen molar-refractivity contribution in [2.75, 3.05) is 7.05 Å². The smallest absolute Gasteiger partial charge is 0.354 e. The lowest BCUT2D eigenvalue weighted by Crippen LogP contribution is -2.15. The van der Waals surface area contributed by atoms with E-state index in [0.29, 0.717) is 10.4 Å². The van der Waals surface area contributed by atoms with Gasteiger partial charge in [0.15, 0.2) is 0 Å². The zero-order chi connectivity index (χ0) is 14.0. The van der Waals surface area contributed by atoms with Crippen molar-refractivity contribution in [3.05, 3.63) is 46.8 Å². The van der Waals surface area contributed by atoms with Crippen LogP contribution in [0.1, 0.15) is 15.2 Å². The van der Waals surface area contributed by atoms with E-state index in [1.807, 2.05) is 0 Å². The first-order chi connectivity index (χ1) is 8.91. The number of carbonyl (C=O) groups excluding carboxylic acids is 1. The summed E-state index contributed by atoms with van der Waals surface area (Å²) >= 11 is 1.24. The van der Waals surface area contributed by atoms with E-state index >= 15 is 0 Å². The van der Waals surface area contributed by atoms with Crippen LogP contribution in [-0.4, -0.2) is 13.0 Å². The first-order valence-electron chi connectivity index (χ1n) is 5.41. The van der Waals surface area contributed by atoms with Gasteiger partial charge in [-0.2, -0.15) is 13.2 Å². The quantitative estimate of drug-likeness (QED) is 0.893. The summed E-state index contributed by atoms with van der Waals surface area (Å²) in [5, 5.41) is 2.50. The highest BCUT2D eigenvalue weighted by Crippen LogP contribution is 2.33. The van der Waals surface area contributed by atoms with Gasteiger partial charge in [-0.3, -0.25) is 4.79 Å². The molecular weight excluding hydrogens is 275 g/mol. The number of hydrogen-bond donors (Lipinski definition) is 1. The standard InChI is InChI=1S/C13H10F3NOS/c1-17-12(18)11-7-6-10(19-11)8-2-4-9(5-3-8)13(14,15)16/h2-7H,1H3,(H,17,18). The van der Waals surface area contributed by atoms with Gasteiger partial charge in [0.05, 0.1) is 10.4 Å². The number of nitrogens with one attached hydrogen (secondary N) is 1. The molecule has 2 nitrogen and oxygen atoms in total. The number of carbonyl (C=O) groups is 1. The molecule has 0 aliphatic heterocycles. The average molecular weight is 285 g/mol. The van der Waals surface area contributed by atoms with E-state index in [9.17, 15) is 18.0 Å². The van der Waals surface area contributed by atoms with Crippen LogP contribution in [0.4, 0.5) is 13.2 Å². The summed E-state index contributed by atoms with van der Waals surface area (Å²) in [5.41, 5.74) is -0.0208. The molecule has 1 aromatic carbocycles. The van der Waals surface area contributed by atoms with Crippen LogP contribution in [0.3, 0.4) is 0 Å². The molecule has 0 unspecified atom stereocenters. The predicted molar refractivity (Wildman–Crippen MR) is 68.1 cm³/mol. The molecule has 0 saturated heterocycles. The van der Waals surface area contributed by atoms with Gasteiger partial charge in [0.25, 0.3) is 5.91 Å². The number of benzene rings is 1. The van der Waals surface area contributed by atoms with Gasteiger partial charge in [0.1, 0.15) is 0 Å². The SMILES string of the molecule is CNC(=O)c1ccc(-c2ccc(C(F)(F)F)cc2)s1. The monoisotopic (exact) mass is 285 g/mol. The molecule has 100 valence electrons. The minimum absolute atomic E-state index is 0.205. The Morgan fingerprint density at radius 2 is 1.74 bits per heavy atom. The second kappa shape index (κ2) is 5.05. The van der Waals surface area contributed by atoms with Crippen LogP contribution in [0.25, 0.3) is 10.4 Å². The van der Waals surface area contributed by atoms with Gasteiger partial charge in [0, 0.05) is 11.9 Å². The number of hydrogen-bond acceptors (Lipinski definition) is 2. The van der Waals surface area contributed by atoms with Crippen molar-refractivity contribution >= 4 is 17.2 Å². The Balaban J connectivity index is 2.28. The molecule has 1 amide bonds. The number of rotatable bonds is 2. The third-order valence-corrected chi connectivity index (χ3v) is 3.69. The molecule has 2 aromatic rings. The summed E-state index contributed by atoms with van der Waals surface area (Å²) in [6, 6.07) is 8.25. The minimum atomic E-state index is -4.33. The molecule has 6 heteroatoms. The van der Waals surface area contributed by atoms with E-state index < -0.39 is 11.7 Å². The Kier molecular flexibility index (Phi) is 3.61. The van der Waals surface area contributed by atoms with E-state index in [-0.39, 0.29) is 5.91 Å². The number of alkyl halides is 3. The molecule has 0 aliphatic carbocycles. The Bertz CT molecular complexity index is 587. The van der Waals surface area contributed by atoms with Gasteiger partial charge in [-0.15, -0.1) is 11.3 Å². The molecule has 0 radical (unpaired) electrons. The van der Waals surface area contributed by atoms with Gasteiger partial charge < -0.3 is 5.32 Å². The first-order valence-corrected chi connectivity index (χ1v) is 6.23. The summed E-state index contributed by atoms with van der Waals surface area (Å²) in [6.45, 7) is 0. The summed E-state index contributed by atoms with van der Waals surface area (Å²) in [7, 11) is 1.53. The van der Waals surface area contributed by atoms with E-state index in [4.69, 9.17) is 0 Å². The molecule has 0 fully saturated rings. The van der Waals surface area contributed by atoms with Crippen molar-refractivity contribution < 1.29 is 18.0 Å². The van der Waals surface area contributed by atoms with Crippen molar-refractivity contribution in [1.29, 1.82) is 0 Å².